The molecule has 0 aromatic heterocycles. The van der Waals surface area contributed by atoms with E-state index in [0.717, 1.165) is 43.2 Å². The number of halogens is 1. The van der Waals surface area contributed by atoms with Crippen LogP contribution in [0, 0.1) is 0 Å². The molecule has 1 heterocycles. The van der Waals surface area contributed by atoms with E-state index in [2.05, 4.69) is 39.9 Å². The number of ether oxygens (including phenoxy) is 1. The molecule has 2 N–H and O–H groups in total. The normalized spacial score (nSPS) is 13.6. The molecule has 2 aromatic rings. The number of hydrogen-bond donors (Lipinski definition) is 2. The predicted octanol–water partition coefficient (Wildman–Crippen LogP) is 4.51. The van der Waals surface area contributed by atoms with Gasteiger partial charge in [-0.1, -0.05) is 42.5 Å². The summed E-state index contributed by atoms with van der Waals surface area (Å²) in [6.45, 7) is 8.96. The van der Waals surface area contributed by atoms with Crippen LogP contribution in [0.4, 0.5) is 0 Å². The summed E-state index contributed by atoms with van der Waals surface area (Å²) in [5, 5.41) is 6.65. The number of hydrogen-bond acceptors (Lipinski definition) is 3. The van der Waals surface area contributed by atoms with Crippen molar-refractivity contribution in [1.29, 1.82) is 0 Å². The second-order valence-corrected chi connectivity index (χ2v) is 9.11. The van der Waals surface area contributed by atoms with Gasteiger partial charge in [0.25, 0.3) is 0 Å². The Morgan fingerprint density at radius 3 is 2.48 bits per heavy atom. The van der Waals surface area contributed by atoms with Crippen molar-refractivity contribution >= 4 is 35.8 Å². The molecule has 0 saturated heterocycles. The number of rotatable bonds is 7. The fourth-order valence-electron chi connectivity index (χ4n) is 3.79. The van der Waals surface area contributed by atoms with Gasteiger partial charge in [-0.3, -0.25) is 9.79 Å². The van der Waals surface area contributed by atoms with Crippen LogP contribution in [0.25, 0.3) is 0 Å². The van der Waals surface area contributed by atoms with E-state index in [0.29, 0.717) is 19.5 Å². The van der Waals surface area contributed by atoms with Crippen LogP contribution in [-0.4, -0.2) is 42.5 Å². The van der Waals surface area contributed by atoms with Gasteiger partial charge in [0.05, 0.1) is 0 Å². The third-order valence-corrected chi connectivity index (χ3v) is 5.40. The average Bonchev–Trinajstić information content (AvgIpc) is 2.78. The fourth-order valence-corrected chi connectivity index (χ4v) is 3.79. The summed E-state index contributed by atoms with van der Waals surface area (Å²) in [5.74, 6) is 1.81. The Labute approximate surface area is 215 Å². The number of nitrogens with zero attached hydrogens (tertiary/aromatic N) is 2. The molecular formula is C26H37IN4O2. The lowest BCUT2D eigenvalue weighted by Gasteiger charge is -2.29. The van der Waals surface area contributed by atoms with Crippen molar-refractivity contribution in [2.75, 3.05) is 20.1 Å². The Bertz CT molecular complexity index is 940. The van der Waals surface area contributed by atoms with Gasteiger partial charge in [0.1, 0.15) is 11.4 Å². The fraction of sp³-hybridized carbons (Fsp3) is 0.462. The van der Waals surface area contributed by atoms with Crippen molar-refractivity contribution in [3.8, 4) is 5.75 Å². The molecule has 7 heteroatoms. The molecule has 3 rings (SSSR count). The molecule has 0 spiro atoms. The number of para-hydroxylation sites is 1. The zero-order valence-electron chi connectivity index (χ0n) is 20.2. The van der Waals surface area contributed by atoms with Gasteiger partial charge in [-0.25, -0.2) is 0 Å². The molecule has 1 aliphatic rings. The summed E-state index contributed by atoms with van der Waals surface area (Å²) in [5.41, 5.74) is 3.46. The third kappa shape index (κ3) is 8.53. The van der Waals surface area contributed by atoms with E-state index in [1.807, 2.05) is 49.9 Å². The molecule has 2 aromatic carbocycles. The number of fused-ring (bicyclic) bond motifs is 1. The minimum Gasteiger partial charge on any atom is -0.488 e. The Balaban J connectivity index is 0.00000385. The van der Waals surface area contributed by atoms with Gasteiger partial charge in [-0.15, -0.1) is 24.0 Å². The van der Waals surface area contributed by atoms with Gasteiger partial charge in [0.2, 0.25) is 5.91 Å². The van der Waals surface area contributed by atoms with Crippen LogP contribution in [0.15, 0.2) is 53.5 Å². The molecule has 33 heavy (non-hydrogen) atoms. The van der Waals surface area contributed by atoms with Crippen molar-refractivity contribution in [2.24, 2.45) is 4.99 Å². The van der Waals surface area contributed by atoms with Crippen LogP contribution in [0.3, 0.4) is 0 Å². The highest BCUT2D eigenvalue weighted by Crippen LogP contribution is 2.23. The van der Waals surface area contributed by atoms with Gasteiger partial charge in [0, 0.05) is 45.2 Å². The lowest BCUT2D eigenvalue weighted by Crippen LogP contribution is -2.39. The Kier molecular flexibility index (Phi) is 10.5. The van der Waals surface area contributed by atoms with Gasteiger partial charge >= 0.3 is 0 Å². The molecule has 0 unspecified atom stereocenters. The predicted molar refractivity (Wildman–Crippen MR) is 145 cm³/mol. The SMILES string of the molecule is CN=C(NCCCC(=O)N1CCc2ccccc2C1)NCc1ccccc1OC(C)(C)C.I. The van der Waals surface area contributed by atoms with E-state index in [4.69, 9.17) is 4.74 Å². The van der Waals surface area contributed by atoms with Gasteiger partial charge in [-0.2, -0.15) is 0 Å². The number of benzene rings is 2. The lowest BCUT2D eigenvalue weighted by atomic mass is 9.99. The highest BCUT2D eigenvalue weighted by molar-refractivity contribution is 14.0. The van der Waals surface area contributed by atoms with Crippen LogP contribution in [-0.2, 0) is 24.3 Å². The van der Waals surface area contributed by atoms with Crippen LogP contribution < -0.4 is 15.4 Å². The molecule has 0 atom stereocenters. The minimum absolute atomic E-state index is 0. The summed E-state index contributed by atoms with van der Waals surface area (Å²) in [6, 6.07) is 16.4. The number of amides is 1. The minimum atomic E-state index is -0.251. The summed E-state index contributed by atoms with van der Waals surface area (Å²) in [7, 11) is 1.75. The Hall–Kier alpha value is -2.29. The largest absolute Gasteiger partial charge is 0.488 e. The molecule has 0 aliphatic carbocycles. The molecule has 1 aliphatic heterocycles. The summed E-state index contributed by atoms with van der Waals surface area (Å²) in [6.07, 6.45) is 2.24. The van der Waals surface area contributed by atoms with E-state index in [-0.39, 0.29) is 35.5 Å². The summed E-state index contributed by atoms with van der Waals surface area (Å²) in [4.78, 5) is 18.9. The quantitative estimate of drug-likeness (QED) is 0.225. The van der Waals surface area contributed by atoms with Gasteiger partial charge in [0.15, 0.2) is 5.96 Å². The summed E-state index contributed by atoms with van der Waals surface area (Å²) < 4.78 is 6.06. The topological polar surface area (TPSA) is 66.0 Å². The number of carbonyl (C=O) groups is 1. The molecule has 0 bridgehead atoms. The first-order chi connectivity index (χ1) is 15.4. The smallest absolute Gasteiger partial charge is 0.222 e. The second kappa shape index (κ2) is 12.8. The molecule has 0 fully saturated rings. The first-order valence-corrected chi connectivity index (χ1v) is 11.4. The Morgan fingerprint density at radius 2 is 1.76 bits per heavy atom. The van der Waals surface area contributed by atoms with Crippen molar-refractivity contribution < 1.29 is 9.53 Å². The van der Waals surface area contributed by atoms with Gasteiger partial charge < -0.3 is 20.3 Å². The van der Waals surface area contributed by atoms with E-state index >= 15 is 0 Å². The number of nitrogens with one attached hydrogen (secondary N) is 2. The standard InChI is InChI=1S/C26H36N4O2.HI/c1-26(2,3)32-23-13-8-7-11-21(23)18-29-25(27-4)28-16-9-14-24(31)30-17-15-20-10-5-6-12-22(20)19-30;/h5-8,10-13H,9,14-19H2,1-4H3,(H2,27,28,29);1H. The van der Waals surface area contributed by atoms with Crippen LogP contribution >= 0.6 is 24.0 Å². The zero-order chi connectivity index (χ0) is 23.0. The maximum atomic E-state index is 12.6. The maximum absolute atomic E-state index is 12.6. The highest BCUT2D eigenvalue weighted by Gasteiger charge is 2.20. The second-order valence-electron chi connectivity index (χ2n) is 9.11. The molecule has 0 saturated carbocycles. The molecule has 6 nitrogen and oxygen atoms in total. The van der Waals surface area contributed by atoms with E-state index in [1.165, 1.54) is 11.1 Å². The Morgan fingerprint density at radius 1 is 1.06 bits per heavy atom. The molecule has 0 radical (unpaired) electrons. The van der Waals surface area contributed by atoms with Gasteiger partial charge in [-0.05, 0) is 50.8 Å². The first kappa shape index (κ1) is 27.0. The number of carbonyl (C=O) groups excluding carboxylic acids is 1. The van der Waals surface area contributed by atoms with Crippen molar-refractivity contribution in [1.82, 2.24) is 15.5 Å². The highest BCUT2D eigenvalue weighted by atomic mass is 127. The monoisotopic (exact) mass is 564 g/mol. The first-order valence-electron chi connectivity index (χ1n) is 11.4. The molecule has 1 amide bonds. The van der Waals surface area contributed by atoms with Crippen molar-refractivity contribution in [3.05, 3.63) is 65.2 Å². The van der Waals surface area contributed by atoms with Crippen LogP contribution in [0.2, 0.25) is 0 Å². The number of aliphatic imine (C=N–C) groups is 1. The van der Waals surface area contributed by atoms with E-state index in [1.54, 1.807) is 7.05 Å². The zero-order valence-corrected chi connectivity index (χ0v) is 22.5. The van der Waals surface area contributed by atoms with Crippen LogP contribution in [0.1, 0.15) is 50.3 Å². The van der Waals surface area contributed by atoms with E-state index < -0.39 is 0 Å². The summed E-state index contributed by atoms with van der Waals surface area (Å²) >= 11 is 0. The van der Waals surface area contributed by atoms with Crippen molar-refractivity contribution in [3.63, 3.8) is 0 Å². The maximum Gasteiger partial charge on any atom is 0.222 e. The van der Waals surface area contributed by atoms with E-state index in [9.17, 15) is 4.79 Å². The number of guanidine groups is 1. The third-order valence-electron chi connectivity index (χ3n) is 5.40. The molecule has 180 valence electrons. The van der Waals surface area contributed by atoms with Crippen molar-refractivity contribution in [2.45, 2.75) is 58.7 Å². The molecular weight excluding hydrogens is 527 g/mol. The lowest BCUT2D eigenvalue weighted by molar-refractivity contribution is -0.132. The van der Waals surface area contributed by atoms with Crippen LogP contribution in [0.5, 0.6) is 5.75 Å². The average molecular weight is 565 g/mol.